The van der Waals surface area contributed by atoms with E-state index in [1.807, 2.05) is 20.8 Å². The van der Waals surface area contributed by atoms with E-state index < -0.39 is 17.6 Å². The lowest BCUT2D eigenvalue weighted by Gasteiger charge is -2.36. The lowest BCUT2D eigenvalue weighted by Crippen LogP contribution is -2.47. The highest BCUT2D eigenvalue weighted by Crippen LogP contribution is 2.24. The zero-order valence-electron chi connectivity index (χ0n) is 21.1. The first-order valence-corrected chi connectivity index (χ1v) is 12.2. The molecule has 2 fully saturated rings. The van der Waals surface area contributed by atoms with Crippen molar-refractivity contribution in [2.75, 3.05) is 13.2 Å². The molecule has 2 unspecified atom stereocenters. The molecular formula is C26H32N4O6. The molecule has 10 heteroatoms. The maximum absolute atomic E-state index is 12.9. The van der Waals surface area contributed by atoms with Crippen LogP contribution in [0, 0.1) is 11.8 Å². The third-order valence-corrected chi connectivity index (χ3v) is 6.27. The van der Waals surface area contributed by atoms with E-state index in [9.17, 15) is 19.2 Å². The van der Waals surface area contributed by atoms with Gasteiger partial charge in [0.2, 0.25) is 11.8 Å². The van der Waals surface area contributed by atoms with Crippen molar-refractivity contribution < 1.29 is 23.9 Å². The zero-order chi connectivity index (χ0) is 26.0. The number of imide groups is 1. The molecule has 192 valence electrons. The van der Waals surface area contributed by atoms with E-state index in [1.165, 1.54) is 9.13 Å². The lowest BCUT2D eigenvalue weighted by atomic mass is 10.1. The summed E-state index contributed by atoms with van der Waals surface area (Å²) in [6.07, 6.45) is 2.30. The van der Waals surface area contributed by atoms with Gasteiger partial charge in [-0.1, -0.05) is 11.8 Å². The maximum Gasteiger partial charge on any atom is 0.412 e. The monoisotopic (exact) mass is 496 g/mol. The van der Waals surface area contributed by atoms with E-state index >= 15 is 0 Å². The number of carbonyl (C=O) groups is 3. The molecular weight excluding hydrogens is 464 g/mol. The summed E-state index contributed by atoms with van der Waals surface area (Å²) < 4.78 is 14.3. The van der Waals surface area contributed by atoms with Gasteiger partial charge in [0.25, 0.3) is 0 Å². The molecule has 1 N–H and O–H groups in total. The Morgan fingerprint density at radius 1 is 1.14 bits per heavy atom. The van der Waals surface area contributed by atoms with Gasteiger partial charge in [-0.15, -0.1) is 0 Å². The molecule has 2 saturated heterocycles. The molecule has 4 rings (SSSR count). The Balaban J connectivity index is 1.47. The minimum absolute atomic E-state index is 0.137. The summed E-state index contributed by atoms with van der Waals surface area (Å²) in [5, 5.41) is 2.31. The lowest BCUT2D eigenvalue weighted by molar-refractivity contribution is -0.135. The van der Waals surface area contributed by atoms with E-state index in [-0.39, 0.29) is 43.4 Å². The van der Waals surface area contributed by atoms with Crippen LogP contribution in [-0.2, 0) is 26.1 Å². The van der Waals surface area contributed by atoms with Crippen LogP contribution in [0.1, 0.15) is 64.5 Å². The molecule has 2 aliphatic rings. The van der Waals surface area contributed by atoms with Crippen LogP contribution in [0.4, 0.5) is 4.79 Å². The smallest absolute Gasteiger partial charge is 0.412 e. The Bertz CT molecular complexity index is 1310. The van der Waals surface area contributed by atoms with Gasteiger partial charge in [0.1, 0.15) is 24.5 Å². The highest BCUT2D eigenvalue weighted by molar-refractivity contribution is 6.00. The number of nitrogens with zero attached hydrogens (tertiary/aromatic N) is 3. The molecule has 1 aromatic carbocycles. The normalized spacial score (nSPS) is 20.6. The first-order valence-electron chi connectivity index (χ1n) is 12.2. The van der Waals surface area contributed by atoms with Gasteiger partial charge in [-0.05, 0) is 64.7 Å². The number of rotatable bonds is 3. The van der Waals surface area contributed by atoms with E-state index in [1.54, 1.807) is 30.1 Å². The third kappa shape index (κ3) is 5.46. The van der Waals surface area contributed by atoms with Crippen LogP contribution >= 0.6 is 0 Å². The van der Waals surface area contributed by atoms with Gasteiger partial charge in [-0.25, -0.2) is 9.59 Å². The van der Waals surface area contributed by atoms with Crippen molar-refractivity contribution in [2.24, 2.45) is 7.05 Å². The summed E-state index contributed by atoms with van der Waals surface area (Å²) in [4.78, 5) is 50.9. The first-order chi connectivity index (χ1) is 17.0. The van der Waals surface area contributed by atoms with Crippen molar-refractivity contribution in [1.29, 1.82) is 0 Å². The molecule has 2 atom stereocenters. The Morgan fingerprint density at radius 2 is 1.92 bits per heavy atom. The predicted molar refractivity (Wildman–Crippen MR) is 132 cm³/mol. The van der Waals surface area contributed by atoms with Crippen LogP contribution in [0.5, 0.6) is 0 Å². The maximum atomic E-state index is 12.9. The molecule has 0 aliphatic carbocycles. The Labute approximate surface area is 209 Å². The number of hydrogen-bond donors (Lipinski definition) is 1. The molecule has 3 amide bonds. The highest BCUT2D eigenvalue weighted by atomic mass is 16.6. The summed E-state index contributed by atoms with van der Waals surface area (Å²) in [7, 11) is 1.64. The third-order valence-electron chi connectivity index (χ3n) is 6.27. The molecule has 1 aromatic heterocycles. The molecule has 3 heterocycles. The van der Waals surface area contributed by atoms with Gasteiger partial charge in [0.05, 0.1) is 11.0 Å². The fourth-order valence-electron chi connectivity index (χ4n) is 4.55. The molecule has 10 nitrogen and oxygen atoms in total. The highest BCUT2D eigenvalue weighted by Gasteiger charge is 2.32. The van der Waals surface area contributed by atoms with Crippen molar-refractivity contribution in [2.45, 2.75) is 70.7 Å². The minimum atomic E-state index is -0.729. The van der Waals surface area contributed by atoms with Crippen molar-refractivity contribution in [3.63, 3.8) is 0 Å². The SMILES string of the molecule is Cn1c(=O)n(C2CCC(=O)NC2=O)c2ccc(C#CCOC3CCCCN3C(=O)OC(C)(C)C)cc21. The number of piperidine rings is 2. The van der Waals surface area contributed by atoms with E-state index in [2.05, 4.69) is 17.2 Å². The van der Waals surface area contributed by atoms with Crippen LogP contribution < -0.4 is 11.0 Å². The number of carbonyl (C=O) groups excluding carboxylic acids is 3. The number of amides is 3. The molecule has 2 aromatic rings. The summed E-state index contributed by atoms with van der Waals surface area (Å²) in [5.74, 6) is 5.25. The van der Waals surface area contributed by atoms with E-state index in [0.717, 1.165) is 19.3 Å². The van der Waals surface area contributed by atoms with Crippen LogP contribution in [0.25, 0.3) is 11.0 Å². The van der Waals surface area contributed by atoms with Gasteiger partial charge < -0.3 is 9.47 Å². The average Bonchev–Trinajstić information content (AvgIpc) is 3.06. The molecule has 0 radical (unpaired) electrons. The number of nitrogens with one attached hydrogen (secondary N) is 1. The number of hydrogen-bond acceptors (Lipinski definition) is 6. The Hall–Kier alpha value is -3.58. The summed E-state index contributed by atoms with van der Waals surface area (Å²) in [6, 6.07) is 4.61. The fourth-order valence-corrected chi connectivity index (χ4v) is 4.55. The largest absolute Gasteiger partial charge is 0.444 e. The minimum Gasteiger partial charge on any atom is -0.444 e. The number of aryl methyl sites for hydroxylation is 1. The van der Waals surface area contributed by atoms with Gasteiger partial charge >= 0.3 is 11.8 Å². The summed E-state index contributed by atoms with van der Waals surface area (Å²) in [5.41, 5.74) is 1.03. The predicted octanol–water partition coefficient (Wildman–Crippen LogP) is 2.43. The standard InChI is InChI=1S/C26H32N4O6/c1-26(2,3)36-25(34)29-14-6-5-9-22(29)35-15-7-8-17-10-11-18-20(16-17)28(4)24(33)30(18)19-12-13-21(31)27-23(19)32/h10-11,16,19,22H,5-6,9,12-15H2,1-4H3,(H,27,31,32). The van der Waals surface area contributed by atoms with Crippen LogP contribution in [-0.4, -0.2) is 56.9 Å². The second kappa shape index (κ2) is 10.2. The summed E-state index contributed by atoms with van der Waals surface area (Å²) >= 11 is 0. The number of ether oxygens (including phenoxy) is 2. The second-order valence-corrected chi connectivity index (χ2v) is 10.1. The van der Waals surface area contributed by atoms with E-state index in [4.69, 9.17) is 9.47 Å². The molecule has 0 bridgehead atoms. The topological polar surface area (TPSA) is 112 Å². The van der Waals surface area contributed by atoms with Crippen LogP contribution in [0.15, 0.2) is 23.0 Å². The van der Waals surface area contributed by atoms with E-state index in [0.29, 0.717) is 23.1 Å². The van der Waals surface area contributed by atoms with Crippen LogP contribution in [0.2, 0.25) is 0 Å². The molecule has 2 aliphatic heterocycles. The average molecular weight is 497 g/mol. The van der Waals surface area contributed by atoms with Gasteiger partial charge in [0.15, 0.2) is 0 Å². The van der Waals surface area contributed by atoms with Crippen molar-refractivity contribution >= 4 is 28.9 Å². The fraction of sp³-hybridized carbons (Fsp3) is 0.538. The number of fused-ring (bicyclic) bond motifs is 1. The molecule has 0 saturated carbocycles. The first kappa shape index (κ1) is 25.5. The van der Waals surface area contributed by atoms with Crippen molar-refractivity contribution in [3.8, 4) is 11.8 Å². The van der Waals surface area contributed by atoms with Crippen molar-refractivity contribution in [1.82, 2.24) is 19.4 Å². The number of likely N-dealkylation sites (tertiary alicyclic amines) is 1. The molecule has 0 spiro atoms. The van der Waals surface area contributed by atoms with Crippen LogP contribution in [0.3, 0.4) is 0 Å². The quantitative estimate of drug-likeness (QED) is 0.516. The van der Waals surface area contributed by atoms with Gasteiger partial charge in [0, 0.05) is 25.6 Å². The Kier molecular flexibility index (Phi) is 7.22. The second-order valence-electron chi connectivity index (χ2n) is 10.1. The van der Waals surface area contributed by atoms with Gasteiger partial charge in [-0.2, -0.15) is 0 Å². The zero-order valence-corrected chi connectivity index (χ0v) is 21.1. The Morgan fingerprint density at radius 3 is 2.64 bits per heavy atom. The molecule has 36 heavy (non-hydrogen) atoms. The van der Waals surface area contributed by atoms with Gasteiger partial charge in [-0.3, -0.25) is 28.9 Å². The number of imidazole rings is 1. The number of aromatic nitrogens is 2. The van der Waals surface area contributed by atoms with Crippen molar-refractivity contribution in [3.05, 3.63) is 34.2 Å². The number of benzene rings is 1. The summed E-state index contributed by atoms with van der Waals surface area (Å²) in [6.45, 7) is 6.23.